The maximum Gasteiger partial charge on any atom is 0.248 e. The first-order valence-electron chi connectivity index (χ1n) is 7.78. The molecule has 0 bridgehead atoms. The molecule has 0 atom stereocenters. The first kappa shape index (κ1) is 16.7. The summed E-state index contributed by atoms with van der Waals surface area (Å²) in [6, 6.07) is 10.8. The van der Waals surface area contributed by atoms with Gasteiger partial charge in [0.2, 0.25) is 5.91 Å². The number of hydrogen-bond acceptors (Lipinski definition) is 4. The predicted octanol–water partition coefficient (Wildman–Crippen LogP) is 2.26. The number of nitrogens with zero attached hydrogens (tertiary/aromatic N) is 3. The highest BCUT2D eigenvalue weighted by Crippen LogP contribution is 2.27. The van der Waals surface area contributed by atoms with Crippen molar-refractivity contribution in [1.29, 1.82) is 5.26 Å². The van der Waals surface area contributed by atoms with Gasteiger partial charge in [-0.05, 0) is 36.4 Å². The van der Waals surface area contributed by atoms with Crippen molar-refractivity contribution in [1.82, 2.24) is 0 Å². The molecule has 1 amide bonds. The maximum absolute atomic E-state index is 14.1. The van der Waals surface area contributed by atoms with Crippen molar-refractivity contribution in [2.24, 2.45) is 5.73 Å². The zero-order valence-electron chi connectivity index (χ0n) is 13.4. The second-order valence-electron chi connectivity index (χ2n) is 5.79. The van der Waals surface area contributed by atoms with Crippen LogP contribution in [-0.2, 0) is 0 Å². The van der Waals surface area contributed by atoms with Crippen LogP contribution < -0.4 is 15.5 Å². The Balaban J connectivity index is 1.72. The minimum atomic E-state index is -0.726. The second-order valence-corrected chi connectivity index (χ2v) is 5.79. The number of primary amides is 1. The summed E-state index contributed by atoms with van der Waals surface area (Å²) in [7, 11) is 0. The number of rotatable bonds is 3. The van der Waals surface area contributed by atoms with Gasteiger partial charge in [-0.25, -0.2) is 8.78 Å². The molecular weight excluding hydrogens is 326 g/mol. The van der Waals surface area contributed by atoms with E-state index in [1.807, 2.05) is 0 Å². The minimum absolute atomic E-state index is 0.0353. The smallest absolute Gasteiger partial charge is 0.248 e. The molecule has 0 aromatic heterocycles. The molecule has 1 saturated heterocycles. The summed E-state index contributed by atoms with van der Waals surface area (Å²) < 4.78 is 28.3. The molecule has 3 rings (SSSR count). The Labute approximate surface area is 143 Å². The molecule has 2 N–H and O–H groups in total. The normalized spacial score (nSPS) is 14.3. The number of benzene rings is 2. The Morgan fingerprint density at radius 3 is 2.00 bits per heavy atom. The Morgan fingerprint density at radius 2 is 1.52 bits per heavy atom. The fourth-order valence-electron chi connectivity index (χ4n) is 2.96. The monoisotopic (exact) mass is 342 g/mol. The average molecular weight is 342 g/mol. The fourth-order valence-corrected chi connectivity index (χ4v) is 2.96. The Bertz CT molecular complexity index is 814. The molecule has 128 valence electrons. The first-order valence-corrected chi connectivity index (χ1v) is 7.78. The molecule has 2 aromatic rings. The van der Waals surface area contributed by atoms with Crippen LogP contribution in [0.15, 0.2) is 36.4 Å². The van der Waals surface area contributed by atoms with Gasteiger partial charge in [-0.2, -0.15) is 5.26 Å². The molecule has 1 heterocycles. The third-order valence-corrected chi connectivity index (χ3v) is 4.26. The number of piperazine rings is 1. The Kier molecular flexibility index (Phi) is 4.52. The number of nitrogens with two attached hydrogens (primary N) is 1. The van der Waals surface area contributed by atoms with Crippen LogP contribution in [0.2, 0.25) is 0 Å². The standard InChI is InChI=1S/C18H16F2N4O/c19-15-9-12(11-21)10-16(20)17(15)24-7-5-23(6-8-24)14-3-1-13(2-4-14)18(22)25/h1-4,9-10H,5-8H2,(H2,22,25). The van der Waals surface area contributed by atoms with Gasteiger partial charge >= 0.3 is 0 Å². The average Bonchev–Trinajstić information content (AvgIpc) is 2.61. The van der Waals surface area contributed by atoms with Crippen LogP contribution in [0.3, 0.4) is 0 Å². The summed E-state index contributed by atoms with van der Waals surface area (Å²) in [4.78, 5) is 14.8. The largest absolute Gasteiger partial charge is 0.368 e. The summed E-state index contributed by atoms with van der Waals surface area (Å²) in [5, 5.41) is 8.77. The fraction of sp³-hybridized carbons (Fsp3) is 0.222. The summed E-state index contributed by atoms with van der Waals surface area (Å²) >= 11 is 0. The highest BCUT2D eigenvalue weighted by molar-refractivity contribution is 5.93. The van der Waals surface area contributed by atoms with Gasteiger partial charge in [-0.15, -0.1) is 0 Å². The van der Waals surface area contributed by atoms with E-state index in [4.69, 9.17) is 11.0 Å². The van der Waals surface area contributed by atoms with Gasteiger partial charge in [-0.3, -0.25) is 4.79 Å². The van der Waals surface area contributed by atoms with Crippen molar-refractivity contribution in [3.8, 4) is 6.07 Å². The van der Waals surface area contributed by atoms with Crippen molar-refractivity contribution in [3.05, 3.63) is 59.2 Å². The number of halogens is 2. The van der Waals surface area contributed by atoms with Crippen LogP contribution in [0, 0.1) is 23.0 Å². The molecule has 1 aliphatic heterocycles. The lowest BCUT2D eigenvalue weighted by molar-refractivity contribution is 0.100. The lowest BCUT2D eigenvalue weighted by Crippen LogP contribution is -2.47. The van der Waals surface area contributed by atoms with Crippen LogP contribution >= 0.6 is 0 Å². The molecule has 7 heteroatoms. The first-order chi connectivity index (χ1) is 12.0. The lowest BCUT2D eigenvalue weighted by Gasteiger charge is -2.37. The van der Waals surface area contributed by atoms with E-state index in [1.54, 1.807) is 35.2 Å². The third-order valence-electron chi connectivity index (χ3n) is 4.26. The highest BCUT2D eigenvalue weighted by atomic mass is 19.1. The number of carbonyl (C=O) groups excluding carboxylic acids is 1. The van der Waals surface area contributed by atoms with E-state index >= 15 is 0 Å². The van der Waals surface area contributed by atoms with E-state index < -0.39 is 17.5 Å². The Morgan fingerprint density at radius 1 is 1.00 bits per heavy atom. The van der Waals surface area contributed by atoms with Gasteiger partial charge in [0.05, 0.1) is 11.6 Å². The molecule has 0 radical (unpaired) electrons. The van der Waals surface area contributed by atoms with Gasteiger partial charge in [0, 0.05) is 37.4 Å². The molecule has 1 aliphatic rings. The van der Waals surface area contributed by atoms with Gasteiger partial charge in [-0.1, -0.05) is 0 Å². The zero-order valence-corrected chi connectivity index (χ0v) is 13.4. The molecule has 0 saturated carbocycles. The minimum Gasteiger partial charge on any atom is -0.368 e. The SMILES string of the molecule is N#Cc1cc(F)c(N2CCN(c3ccc(C(N)=O)cc3)CC2)c(F)c1. The molecule has 1 fully saturated rings. The van der Waals surface area contributed by atoms with E-state index in [1.165, 1.54) is 0 Å². The van der Waals surface area contributed by atoms with Crippen LogP contribution in [-0.4, -0.2) is 32.1 Å². The van der Waals surface area contributed by atoms with Crippen molar-refractivity contribution in [2.75, 3.05) is 36.0 Å². The lowest BCUT2D eigenvalue weighted by atomic mass is 10.1. The molecule has 0 unspecified atom stereocenters. The van der Waals surface area contributed by atoms with Gasteiger partial charge in [0.15, 0.2) is 11.6 Å². The summed E-state index contributed by atoms with van der Waals surface area (Å²) in [5.41, 5.74) is 6.45. The molecule has 25 heavy (non-hydrogen) atoms. The summed E-state index contributed by atoms with van der Waals surface area (Å²) in [5.74, 6) is -1.94. The number of anilines is 2. The molecule has 0 aliphatic carbocycles. The number of nitriles is 1. The number of hydrogen-bond donors (Lipinski definition) is 1. The van der Waals surface area contributed by atoms with E-state index in [0.717, 1.165) is 17.8 Å². The zero-order chi connectivity index (χ0) is 18.0. The van der Waals surface area contributed by atoms with Gasteiger partial charge in [0.25, 0.3) is 0 Å². The Hall–Kier alpha value is -3.14. The topological polar surface area (TPSA) is 73.4 Å². The van der Waals surface area contributed by atoms with E-state index in [-0.39, 0.29) is 11.3 Å². The molecular formula is C18H16F2N4O. The van der Waals surface area contributed by atoms with Crippen molar-refractivity contribution >= 4 is 17.3 Å². The van der Waals surface area contributed by atoms with Crippen molar-refractivity contribution in [3.63, 3.8) is 0 Å². The maximum atomic E-state index is 14.1. The highest BCUT2D eigenvalue weighted by Gasteiger charge is 2.23. The van der Waals surface area contributed by atoms with Crippen molar-refractivity contribution < 1.29 is 13.6 Å². The van der Waals surface area contributed by atoms with Gasteiger partial charge < -0.3 is 15.5 Å². The van der Waals surface area contributed by atoms with E-state index in [0.29, 0.717) is 31.7 Å². The van der Waals surface area contributed by atoms with E-state index in [9.17, 15) is 13.6 Å². The van der Waals surface area contributed by atoms with Crippen LogP contribution in [0.1, 0.15) is 15.9 Å². The van der Waals surface area contributed by atoms with Crippen LogP contribution in [0.25, 0.3) is 0 Å². The molecule has 2 aromatic carbocycles. The summed E-state index contributed by atoms with van der Waals surface area (Å²) in [6.45, 7) is 2.04. The van der Waals surface area contributed by atoms with Crippen LogP contribution in [0.5, 0.6) is 0 Å². The second kappa shape index (κ2) is 6.77. The molecule has 5 nitrogen and oxygen atoms in total. The van der Waals surface area contributed by atoms with E-state index in [2.05, 4.69) is 4.90 Å². The van der Waals surface area contributed by atoms with Crippen LogP contribution in [0.4, 0.5) is 20.2 Å². The quantitative estimate of drug-likeness (QED) is 0.929. The predicted molar refractivity (Wildman–Crippen MR) is 90.5 cm³/mol. The number of carbonyl (C=O) groups is 1. The number of amides is 1. The summed E-state index contributed by atoms with van der Waals surface area (Å²) in [6.07, 6.45) is 0. The molecule has 0 spiro atoms. The van der Waals surface area contributed by atoms with Gasteiger partial charge in [0.1, 0.15) is 5.69 Å². The van der Waals surface area contributed by atoms with Crippen molar-refractivity contribution in [2.45, 2.75) is 0 Å². The third kappa shape index (κ3) is 3.38.